The van der Waals surface area contributed by atoms with E-state index >= 15 is 0 Å². The zero-order chi connectivity index (χ0) is 14.8. The first-order chi connectivity index (χ1) is 9.63. The molecule has 0 unspecified atom stereocenters. The van der Waals surface area contributed by atoms with E-state index in [0.29, 0.717) is 25.3 Å². The van der Waals surface area contributed by atoms with E-state index in [9.17, 15) is 0 Å². The standard InChI is InChI=1S/C15H29N3O2/c1-3-8-19-9-10-20-15(17)12(2)11-18-14-6-4-13(16)5-7-14/h11,13-14,17-18H,3-10,16H2,1-2H3/b12-11-,17-15?/t13-,14-. The maximum absolute atomic E-state index is 7.82. The Morgan fingerprint density at radius 3 is 2.60 bits per heavy atom. The van der Waals surface area contributed by atoms with Crippen molar-refractivity contribution in [1.29, 1.82) is 5.41 Å². The quantitative estimate of drug-likeness (QED) is 0.362. The zero-order valence-electron chi connectivity index (χ0n) is 12.8. The highest BCUT2D eigenvalue weighted by Gasteiger charge is 2.17. The first-order valence-corrected chi connectivity index (χ1v) is 7.61. The summed E-state index contributed by atoms with van der Waals surface area (Å²) in [4.78, 5) is 0. The second-order valence-electron chi connectivity index (χ2n) is 5.40. The van der Waals surface area contributed by atoms with Crippen LogP contribution in [-0.2, 0) is 9.47 Å². The molecule has 1 aliphatic rings. The predicted molar refractivity (Wildman–Crippen MR) is 81.9 cm³/mol. The largest absolute Gasteiger partial charge is 0.475 e. The highest BCUT2D eigenvalue weighted by molar-refractivity contribution is 5.90. The SMILES string of the molecule is CCCOCCOC(=N)/C(C)=C\N[C@H]1CC[C@H](N)CC1. The highest BCUT2D eigenvalue weighted by atomic mass is 16.5. The molecule has 0 heterocycles. The lowest BCUT2D eigenvalue weighted by Crippen LogP contribution is -2.35. The van der Waals surface area contributed by atoms with Crippen molar-refractivity contribution in [3.05, 3.63) is 11.8 Å². The summed E-state index contributed by atoms with van der Waals surface area (Å²) >= 11 is 0. The summed E-state index contributed by atoms with van der Waals surface area (Å²) in [6.45, 7) is 5.67. The maximum Gasteiger partial charge on any atom is 0.210 e. The van der Waals surface area contributed by atoms with Crippen LogP contribution in [0.3, 0.4) is 0 Å². The zero-order valence-corrected chi connectivity index (χ0v) is 12.8. The van der Waals surface area contributed by atoms with Gasteiger partial charge in [0.25, 0.3) is 0 Å². The minimum absolute atomic E-state index is 0.213. The first kappa shape index (κ1) is 17.0. The van der Waals surface area contributed by atoms with E-state index in [-0.39, 0.29) is 5.90 Å². The summed E-state index contributed by atoms with van der Waals surface area (Å²) in [6.07, 6.45) is 7.25. The van der Waals surface area contributed by atoms with Gasteiger partial charge in [-0.25, -0.2) is 0 Å². The van der Waals surface area contributed by atoms with Gasteiger partial charge in [0.05, 0.1) is 6.61 Å². The van der Waals surface area contributed by atoms with E-state index in [1.807, 2.05) is 13.1 Å². The molecule has 0 atom stereocenters. The van der Waals surface area contributed by atoms with Gasteiger partial charge in [-0.2, -0.15) is 0 Å². The van der Waals surface area contributed by atoms with Crippen LogP contribution in [0.25, 0.3) is 0 Å². The van der Waals surface area contributed by atoms with Crippen LogP contribution in [0.15, 0.2) is 11.8 Å². The molecule has 0 aliphatic heterocycles. The van der Waals surface area contributed by atoms with E-state index < -0.39 is 0 Å². The molecule has 0 aromatic heterocycles. The minimum Gasteiger partial charge on any atom is -0.475 e. The highest BCUT2D eigenvalue weighted by Crippen LogP contribution is 2.17. The number of rotatable bonds is 8. The Morgan fingerprint density at radius 1 is 1.25 bits per heavy atom. The molecule has 0 radical (unpaired) electrons. The van der Waals surface area contributed by atoms with Crippen LogP contribution in [-0.4, -0.2) is 37.8 Å². The monoisotopic (exact) mass is 283 g/mol. The van der Waals surface area contributed by atoms with Crippen LogP contribution in [0.4, 0.5) is 0 Å². The molecule has 0 amide bonds. The van der Waals surface area contributed by atoms with Gasteiger partial charge in [-0.1, -0.05) is 6.92 Å². The molecule has 1 rings (SSSR count). The molecule has 5 nitrogen and oxygen atoms in total. The first-order valence-electron chi connectivity index (χ1n) is 7.61. The topological polar surface area (TPSA) is 80.4 Å². The van der Waals surface area contributed by atoms with E-state index in [4.69, 9.17) is 20.6 Å². The van der Waals surface area contributed by atoms with Crippen molar-refractivity contribution in [2.45, 2.75) is 58.0 Å². The molecule has 1 fully saturated rings. The molecule has 0 spiro atoms. The Labute approximate surface area is 122 Å². The van der Waals surface area contributed by atoms with Gasteiger partial charge in [-0.3, -0.25) is 5.41 Å². The smallest absolute Gasteiger partial charge is 0.210 e. The molecule has 0 aromatic rings. The van der Waals surface area contributed by atoms with Crippen LogP contribution in [0.5, 0.6) is 0 Å². The van der Waals surface area contributed by atoms with E-state index in [2.05, 4.69) is 12.2 Å². The average Bonchev–Trinajstić information content (AvgIpc) is 2.46. The Hall–Kier alpha value is -1.07. The van der Waals surface area contributed by atoms with Crippen molar-refractivity contribution in [3.8, 4) is 0 Å². The lowest BCUT2D eigenvalue weighted by atomic mass is 9.92. The van der Waals surface area contributed by atoms with E-state index in [1.54, 1.807) is 0 Å². The van der Waals surface area contributed by atoms with Crippen molar-refractivity contribution in [3.63, 3.8) is 0 Å². The molecule has 20 heavy (non-hydrogen) atoms. The normalized spacial score (nSPS) is 23.4. The van der Waals surface area contributed by atoms with Gasteiger partial charge in [0.15, 0.2) is 0 Å². The predicted octanol–water partition coefficient (Wildman–Crippen LogP) is 2.17. The summed E-state index contributed by atoms with van der Waals surface area (Å²) in [5, 5.41) is 11.2. The Kier molecular flexibility index (Phi) is 8.30. The molecule has 0 bridgehead atoms. The van der Waals surface area contributed by atoms with Crippen LogP contribution in [0.2, 0.25) is 0 Å². The molecule has 1 saturated carbocycles. The molecule has 0 saturated heterocycles. The summed E-state index contributed by atoms with van der Waals surface area (Å²) in [6, 6.07) is 0.841. The van der Waals surface area contributed by atoms with Gasteiger partial charge in [0.2, 0.25) is 5.90 Å². The number of ether oxygens (including phenoxy) is 2. The van der Waals surface area contributed by atoms with Crippen LogP contribution in [0.1, 0.15) is 46.0 Å². The fraction of sp³-hybridized carbons (Fsp3) is 0.800. The molecule has 4 N–H and O–H groups in total. The minimum atomic E-state index is 0.213. The third-order valence-electron chi connectivity index (χ3n) is 3.49. The van der Waals surface area contributed by atoms with Crippen LogP contribution < -0.4 is 11.1 Å². The number of nitrogens with one attached hydrogen (secondary N) is 2. The van der Waals surface area contributed by atoms with Gasteiger partial charge in [0, 0.05) is 30.5 Å². The summed E-state index contributed by atoms with van der Waals surface area (Å²) in [5.41, 5.74) is 6.70. The molecular weight excluding hydrogens is 254 g/mol. The van der Waals surface area contributed by atoms with Gasteiger partial charge in [0.1, 0.15) is 6.61 Å². The van der Waals surface area contributed by atoms with E-state index in [1.165, 1.54) is 0 Å². The van der Waals surface area contributed by atoms with Crippen LogP contribution in [0, 0.1) is 5.41 Å². The molecule has 5 heteroatoms. The summed E-state index contributed by atoms with van der Waals surface area (Å²) < 4.78 is 10.6. The summed E-state index contributed by atoms with van der Waals surface area (Å²) in [5.74, 6) is 0.213. The third kappa shape index (κ3) is 6.91. The van der Waals surface area contributed by atoms with Crippen molar-refractivity contribution in [1.82, 2.24) is 5.32 Å². The third-order valence-corrected chi connectivity index (χ3v) is 3.49. The van der Waals surface area contributed by atoms with Crippen molar-refractivity contribution >= 4 is 5.90 Å². The number of nitrogens with two attached hydrogens (primary N) is 1. The van der Waals surface area contributed by atoms with Gasteiger partial charge in [-0.05, 0) is 39.0 Å². The Balaban J connectivity index is 2.17. The van der Waals surface area contributed by atoms with Crippen molar-refractivity contribution in [2.75, 3.05) is 19.8 Å². The molecule has 0 aromatic carbocycles. The fourth-order valence-electron chi connectivity index (χ4n) is 2.16. The summed E-state index contributed by atoms with van der Waals surface area (Å²) in [7, 11) is 0. The second-order valence-corrected chi connectivity index (χ2v) is 5.40. The van der Waals surface area contributed by atoms with Gasteiger partial charge in [-0.15, -0.1) is 0 Å². The van der Waals surface area contributed by atoms with Gasteiger partial charge < -0.3 is 20.5 Å². The Bertz CT molecular complexity index is 310. The van der Waals surface area contributed by atoms with Crippen molar-refractivity contribution in [2.24, 2.45) is 5.73 Å². The maximum atomic E-state index is 7.82. The lowest BCUT2D eigenvalue weighted by Gasteiger charge is -2.26. The molecule has 116 valence electrons. The average molecular weight is 283 g/mol. The number of hydrogen-bond donors (Lipinski definition) is 3. The molecule has 1 aliphatic carbocycles. The van der Waals surface area contributed by atoms with Crippen LogP contribution >= 0.6 is 0 Å². The van der Waals surface area contributed by atoms with E-state index in [0.717, 1.165) is 44.3 Å². The fourth-order valence-corrected chi connectivity index (χ4v) is 2.16. The lowest BCUT2D eigenvalue weighted by molar-refractivity contribution is 0.0967. The van der Waals surface area contributed by atoms with Gasteiger partial charge >= 0.3 is 0 Å². The molecular formula is C15H29N3O2. The Morgan fingerprint density at radius 2 is 1.95 bits per heavy atom. The second kappa shape index (κ2) is 9.77. The van der Waals surface area contributed by atoms with Crippen molar-refractivity contribution < 1.29 is 9.47 Å². The number of hydrogen-bond acceptors (Lipinski definition) is 5.